The van der Waals surface area contributed by atoms with Crippen molar-refractivity contribution in [3.63, 3.8) is 0 Å². The third-order valence-corrected chi connectivity index (χ3v) is 2.85. The van der Waals surface area contributed by atoms with Crippen LogP contribution >= 0.6 is 0 Å². The Morgan fingerprint density at radius 3 is 1.50 bits per heavy atom. The van der Waals surface area contributed by atoms with Gasteiger partial charge in [-0.05, 0) is 0 Å². The summed E-state index contributed by atoms with van der Waals surface area (Å²) < 4.78 is 26.6. The van der Waals surface area contributed by atoms with E-state index in [9.17, 15) is 0 Å². The highest BCUT2D eigenvalue weighted by Crippen LogP contribution is 2.28. The number of rotatable bonds is 14. The van der Waals surface area contributed by atoms with Crippen LogP contribution in [0.25, 0.3) is 0 Å². The van der Waals surface area contributed by atoms with Crippen molar-refractivity contribution in [2.75, 3.05) is 79.3 Å². The first-order valence-corrected chi connectivity index (χ1v) is 6.93. The molecule has 0 aromatic rings. The Labute approximate surface area is 119 Å². The van der Waals surface area contributed by atoms with E-state index in [4.69, 9.17) is 33.9 Å². The molecule has 120 valence electrons. The Kier molecular flexibility index (Phi) is 10.1. The Morgan fingerprint density at radius 1 is 0.700 bits per heavy atom. The molecule has 0 radical (unpaired) electrons. The smallest absolute Gasteiger partial charge is 0.0701 e. The molecule has 0 aliphatic carbocycles. The summed E-state index contributed by atoms with van der Waals surface area (Å²) >= 11 is 0. The van der Waals surface area contributed by atoms with Gasteiger partial charge in [-0.1, -0.05) is 0 Å². The minimum absolute atomic E-state index is 0.0317. The van der Waals surface area contributed by atoms with Gasteiger partial charge >= 0.3 is 0 Å². The summed E-state index contributed by atoms with van der Waals surface area (Å²) in [5.41, 5.74) is -0.0616. The van der Waals surface area contributed by atoms with Gasteiger partial charge in [-0.2, -0.15) is 0 Å². The lowest BCUT2D eigenvalue weighted by Gasteiger charge is -2.40. The lowest BCUT2D eigenvalue weighted by Crippen LogP contribution is -2.50. The normalized spacial score (nSPS) is 17.1. The highest BCUT2D eigenvalue weighted by Gasteiger charge is 2.39. The van der Waals surface area contributed by atoms with Gasteiger partial charge in [0, 0.05) is 0 Å². The summed E-state index contributed by atoms with van der Waals surface area (Å²) in [6.07, 6.45) is 0. The molecule has 7 nitrogen and oxygen atoms in total. The van der Waals surface area contributed by atoms with Crippen LogP contribution in [0, 0.1) is 5.41 Å². The van der Waals surface area contributed by atoms with Crippen LogP contribution < -0.4 is 0 Å². The molecule has 1 fully saturated rings. The van der Waals surface area contributed by atoms with Crippen molar-refractivity contribution in [3.8, 4) is 0 Å². The van der Waals surface area contributed by atoms with E-state index < -0.39 is 0 Å². The number of aliphatic hydroxyl groups excluding tert-OH is 2. The predicted octanol–water partition coefficient (Wildman–Crippen LogP) is -0.946. The standard InChI is InChI=1S/C13H26O7/c14-1-3-16-5-7-18-9-13(11-20-12-13)10-19-8-6-17-4-2-15/h14-15H,1-12H2. The molecule has 1 heterocycles. The summed E-state index contributed by atoms with van der Waals surface area (Å²) in [5, 5.41) is 17.1. The molecule has 0 aromatic carbocycles. The molecule has 20 heavy (non-hydrogen) atoms. The van der Waals surface area contributed by atoms with Crippen LogP contribution in [0.15, 0.2) is 0 Å². The number of ether oxygens (including phenoxy) is 5. The van der Waals surface area contributed by atoms with Crippen LogP contribution in [0.2, 0.25) is 0 Å². The van der Waals surface area contributed by atoms with Gasteiger partial charge in [0.1, 0.15) is 0 Å². The fourth-order valence-electron chi connectivity index (χ4n) is 1.75. The Morgan fingerprint density at radius 2 is 1.15 bits per heavy atom. The van der Waals surface area contributed by atoms with Gasteiger partial charge in [-0.25, -0.2) is 0 Å². The third kappa shape index (κ3) is 7.49. The maximum atomic E-state index is 8.55. The van der Waals surface area contributed by atoms with Crippen molar-refractivity contribution >= 4 is 0 Å². The molecule has 0 amide bonds. The van der Waals surface area contributed by atoms with Crippen molar-refractivity contribution < 1.29 is 33.9 Å². The molecule has 0 saturated carbocycles. The second kappa shape index (κ2) is 11.4. The quantitative estimate of drug-likeness (QED) is 0.400. The lowest BCUT2D eigenvalue weighted by atomic mass is 9.88. The van der Waals surface area contributed by atoms with Crippen molar-refractivity contribution in [1.29, 1.82) is 0 Å². The maximum absolute atomic E-state index is 8.55. The molecule has 7 heteroatoms. The minimum atomic E-state index is -0.0616. The Balaban J connectivity index is 1.98. The molecule has 1 saturated heterocycles. The van der Waals surface area contributed by atoms with Crippen molar-refractivity contribution in [2.45, 2.75) is 0 Å². The molecule has 2 N–H and O–H groups in total. The van der Waals surface area contributed by atoms with Crippen LogP contribution in [0.5, 0.6) is 0 Å². The fraction of sp³-hybridized carbons (Fsp3) is 1.00. The van der Waals surface area contributed by atoms with Gasteiger partial charge < -0.3 is 33.9 Å². The second-order valence-electron chi connectivity index (χ2n) is 4.77. The van der Waals surface area contributed by atoms with E-state index in [1.54, 1.807) is 0 Å². The third-order valence-electron chi connectivity index (χ3n) is 2.85. The largest absolute Gasteiger partial charge is 0.394 e. The lowest BCUT2D eigenvalue weighted by molar-refractivity contribution is -0.181. The van der Waals surface area contributed by atoms with E-state index in [-0.39, 0.29) is 18.6 Å². The number of hydrogen-bond acceptors (Lipinski definition) is 7. The molecule has 0 unspecified atom stereocenters. The second-order valence-corrected chi connectivity index (χ2v) is 4.77. The van der Waals surface area contributed by atoms with E-state index in [2.05, 4.69) is 0 Å². The van der Waals surface area contributed by atoms with Gasteiger partial charge in [0.2, 0.25) is 0 Å². The minimum Gasteiger partial charge on any atom is -0.394 e. The summed E-state index contributed by atoms with van der Waals surface area (Å²) in [4.78, 5) is 0. The van der Waals surface area contributed by atoms with Gasteiger partial charge in [0.15, 0.2) is 0 Å². The molecular weight excluding hydrogens is 268 g/mol. The maximum Gasteiger partial charge on any atom is 0.0701 e. The summed E-state index contributed by atoms with van der Waals surface area (Å²) in [5.74, 6) is 0. The van der Waals surface area contributed by atoms with Crippen LogP contribution in [-0.2, 0) is 23.7 Å². The van der Waals surface area contributed by atoms with Crippen molar-refractivity contribution in [1.82, 2.24) is 0 Å². The van der Waals surface area contributed by atoms with Crippen LogP contribution in [-0.4, -0.2) is 89.5 Å². The molecule has 0 bridgehead atoms. The van der Waals surface area contributed by atoms with E-state index in [1.165, 1.54) is 0 Å². The van der Waals surface area contributed by atoms with Gasteiger partial charge in [0.25, 0.3) is 0 Å². The van der Waals surface area contributed by atoms with Crippen LogP contribution in [0.4, 0.5) is 0 Å². The Hall–Kier alpha value is -0.280. The topological polar surface area (TPSA) is 86.6 Å². The van der Waals surface area contributed by atoms with E-state index in [0.717, 1.165) is 0 Å². The summed E-state index contributed by atoms with van der Waals surface area (Å²) in [7, 11) is 0. The molecule has 0 spiro atoms. The van der Waals surface area contributed by atoms with Gasteiger partial charge in [-0.15, -0.1) is 0 Å². The Bertz CT molecular complexity index is 203. The number of aliphatic hydroxyl groups is 2. The van der Waals surface area contributed by atoms with Crippen LogP contribution in [0.1, 0.15) is 0 Å². The first kappa shape index (κ1) is 17.8. The predicted molar refractivity (Wildman–Crippen MR) is 70.7 cm³/mol. The average molecular weight is 294 g/mol. The summed E-state index contributed by atoms with van der Waals surface area (Å²) in [6, 6.07) is 0. The van der Waals surface area contributed by atoms with Crippen LogP contribution in [0.3, 0.4) is 0 Å². The molecular formula is C13H26O7. The van der Waals surface area contributed by atoms with Crippen molar-refractivity contribution in [3.05, 3.63) is 0 Å². The molecule has 0 aromatic heterocycles. The highest BCUT2D eigenvalue weighted by molar-refractivity contribution is 4.85. The molecule has 0 atom stereocenters. The first-order valence-electron chi connectivity index (χ1n) is 6.93. The number of hydrogen-bond donors (Lipinski definition) is 2. The molecule has 1 rings (SSSR count). The van der Waals surface area contributed by atoms with E-state index in [0.29, 0.717) is 66.1 Å². The van der Waals surface area contributed by atoms with E-state index in [1.807, 2.05) is 0 Å². The first-order chi connectivity index (χ1) is 9.83. The zero-order valence-corrected chi connectivity index (χ0v) is 11.9. The zero-order valence-electron chi connectivity index (χ0n) is 11.9. The van der Waals surface area contributed by atoms with Crippen molar-refractivity contribution in [2.24, 2.45) is 5.41 Å². The highest BCUT2D eigenvalue weighted by atomic mass is 16.6. The summed E-state index contributed by atoms with van der Waals surface area (Å²) in [6.45, 7) is 5.14. The monoisotopic (exact) mass is 294 g/mol. The SMILES string of the molecule is OCCOCCOCC1(COCCOCCO)COC1. The fourth-order valence-corrected chi connectivity index (χ4v) is 1.75. The van der Waals surface area contributed by atoms with Gasteiger partial charge in [0.05, 0.1) is 84.7 Å². The molecule has 1 aliphatic rings. The zero-order chi connectivity index (χ0) is 14.5. The molecule has 1 aliphatic heterocycles. The van der Waals surface area contributed by atoms with Gasteiger partial charge in [-0.3, -0.25) is 0 Å². The van der Waals surface area contributed by atoms with E-state index >= 15 is 0 Å². The average Bonchev–Trinajstić information content (AvgIpc) is 2.42.